The highest BCUT2D eigenvalue weighted by Crippen LogP contribution is 2.15. The molecule has 0 saturated carbocycles. The fourth-order valence-electron chi connectivity index (χ4n) is 1.74. The van der Waals surface area contributed by atoms with E-state index in [1.54, 1.807) is 18.3 Å². The molecule has 0 bridgehead atoms. The summed E-state index contributed by atoms with van der Waals surface area (Å²) < 4.78 is 0. The number of pyridine rings is 1. The van der Waals surface area contributed by atoms with Gasteiger partial charge in [0.1, 0.15) is 0 Å². The second kappa shape index (κ2) is 4.45. The van der Waals surface area contributed by atoms with E-state index < -0.39 is 12.2 Å². The zero-order valence-corrected chi connectivity index (χ0v) is 8.93. The van der Waals surface area contributed by atoms with Crippen LogP contribution in [0.15, 0.2) is 18.3 Å². The van der Waals surface area contributed by atoms with Gasteiger partial charge >= 0.3 is 0 Å². The van der Waals surface area contributed by atoms with Crippen LogP contribution in [0.4, 0.5) is 0 Å². The van der Waals surface area contributed by atoms with Crippen molar-refractivity contribution in [2.45, 2.75) is 18.8 Å². The van der Waals surface area contributed by atoms with E-state index in [4.69, 9.17) is 11.6 Å². The Bertz CT molecular complexity index is 338. The zero-order chi connectivity index (χ0) is 10.8. The van der Waals surface area contributed by atoms with Crippen LogP contribution in [0.1, 0.15) is 5.69 Å². The van der Waals surface area contributed by atoms with Crippen LogP contribution in [0.5, 0.6) is 0 Å². The molecule has 15 heavy (non-hydrogen) atoms. The number of nitrogens with zero attached hydrogens (tertiary/aromatic N) is 2. The second-order valence-electron chi connectivity index (χ2n) is 3.79. The Balaban J connectivity index is 1.98. The fourth-order valence-corrected chi connectivity index (χ4v) is 1.92. The lowest BCUT2D eigenvalue weighted by Gasteiger charge is -2.13. The zero-order valence-electron chi connectivity index (χ0n) is 8.17. The summed E-state index contributed by atoms with van der Waals surface area (Å²) in [6.07, 6.45) is 0.356. The molecule has 0 amide bonds. The van der Waals surface area contributed by atoms with Gasteiger partial charge in [0.05, 0.1) is 17.9 Å². The van der Waals surface area contributed by atoms with Gasteiger partial charge in [-0.2, -0.15) is 0 Å². The number of aliphatic hydroxyl groups is 2. The van der Waals surface area contributed by atoms with Crippen LogP contribution in [0.3, 0.4) is 0 Å². The van der Waals surface area contributed by atoms with Crippen molar-refractivity contribution in [3.8, 4) is 0 Å². The average molecular weight is 229 g/mol. The number of aliphatic hydroxyl groups excluding tert-OH is 2. The van der Waals surface area contributed by atoms with Gasteiger partial charge in [-0.3, -0.25) is 9.88 Å². The second-order valence-corrected chi connectivity index (χ2v) is 4.23. The molecule has 2 rings (SSSR count). The van der Waals surface area contributed by atoms with Crippen molar-refractivity contribution < 1.29 is 10.2 Å². The van der Waals surface area contributed by atoms with E-state index in [9.17, 15) is 10.2 Å². The third-order valence-electron chi connectivity index (χ3n) is 2.50. The molecule has 2 atom stereocenters. The number of hydrogen-bond acceptors (Lipinski definition) is 4. The average Bonchev–Trinajstić information content (AvgIpc) is 2.45. The largest absolute Gasteiger partial charge is 0.389 e. The van der Waals surface area contributed by atoms with Gasteiger partial charge in [0.2, 0.25) is 0 Å². The molecule has 1 aromatic rings. The molecule has 0 spiro atoms. The van der Waals surface area contributed by atoms with Crippen molar-refractivity contribution in [2.24, 2.45) is 0 Å². The molecular weight excluding hydrogens is 216 g/mol. The Labute approximate surface area is 93.1 Å². The molecule has 1 aliphatic rings. The maximum absolute atomic E-state index is 9.36. The summed E-state index contributed by atoms with van der Waals surface area (Å²) in [7, 11) is 0. The molecule has 1 aromatic heterocycles. The van der Waals surface area contributed by atoms with Crippen molar-refractivity contribution in [3.63, 3.8) is 0 Å². The van der Waals surface area contributed by atoms with E-state index in [2.05, 4.69) is 4.98 Å². The highest BCUT2D eigenvalue weighted by Gasteiger charge is 2.29. The van der Waals surface area contributed by atoms with Crippen molar-refractivity contribution >= 4 is 11.6 Å². The number of aromatic nitrogens is 1. The standard InChI is InChI=1S/C10H13ClN2O2/c11-7-1-2-12-8(3-7)4-13-5-9(14)10(15)6-13/h1-3,9-10,14-15H,4-6H2/t9-,10+. The molecule has 0 unspecified atom stereocenters. The van der Waals surface area contributed by atoms with E-state index in [-0.39, 0.29) is 0 Å². The summed E-state index contributed by atoms with van der Waals surface area (Å²) in [5.41, 5.74) is 0.851. The molecule has 2 N–H and O–H groups in total. The monoisotopic (exact) mass is 228 g/mol. The van der Waals surface area contributed by atoms with Gasteiger partial charge in [-0.1, -0.05) is 11.6 Å². The minimum absolute atomic E-state index is 0.482. The van der Waals surface area contributed by atoms with Gasteiger partial charge in [0, 0.05) is 30.9 Å². The summed E-state index contributed by atoms with van der Waals surface area (Å²) in [5.74, 6) is 0. The first-order valence-corrected chi connectivity index (χ1v) is 5.22. The predicted octanol–water partition coefficient (Wildman–Crippen LogP) is 0.272. The van der Waals surface area contributed by atoms with Crippen molar-refractivity contribution in [1.29, 1.82) is 0 Å². The number of likely N-dealkylation sites (tertiary alicyclic amines) is 1. The number of hydrogen-bond donors (Lipinski definition) is 2. The first-order chi connectivity index (χ1) is 7.15. The Morgan fingerprint density at radius 3 is 2.67 bits per heavy atom. The lowest BCUT2D eigenvalue weighted by Crippen LogP contribution is -2.22. The van der Waals surface area contributed by atoms with E-state index >= 15 is 0 Å². The van der Waals surface area contributed by atoms with E-state index in [0.717, 1.165) is 5.69 Å². The fraction of sp³-hybridized carbons (Fsp3) is 0.500. The Morgan fingerprint density at radius 2 is 2.07 bits per heavy atom. The lowest BCUT2D eigenvalue weighted by atomic mass is 10.3. The minimum atomic E-state index is -0.649. The van der Waals surface area contributed by atoms with E-state index in [1.807, 2.05) is 4.90 Å². The summed E-state index contributed by atoms with van der Waals surface area (Å²) in [6, 6.07) is 3.51. The molecule has 82 valence electrons. The first kappa shape index (κ1) is 10.8. The third-order valence-corrected chi connectivity index (χ3v) is 2.73. The van der Waals surface area contributed by atoms with Crippen molar-refractivity contribution in [1.82, 2.24) is 9.88 Å². The highest BCUT2D eigenvalue weighted by molar-refractivity contribution is 6.30. The normalized spacial score (nSPS) is 27.1. The molecule has 4 nitrogen and oxygen atoms in total. The molecule has 2 heterocycles. The summed E-state index contributed by atoms with van der Waals surface area (Å²) >= 11 is 5.83. The van der Waals surface area contributed by atoms with Crippen LogP contribution in [0, 0.1) is 0 Å². The lowest BCUT2D eigenvalue weighted by molar-refractivity contribution is 0.0572. The smallest absolute Gasteiger partial charge is 0.0938 e. The minimum Gasteiger partial charge on any atom is -0.389 e. The van der Waals surface area contributed by atoms with Gasteiger partial charge < -0.3 is 10.2 Å². The molecule has 0 aliphatic carbocycles. The first-order valence-electron chi connectivity index (χ1n) is 4.84. The van der Waals surface area contributed by atoms with Crippen LogP contribution in [-0.4, -0.2) is 45.4 Å². The van der Waals surface area contributed by atoms with Gasteiger partial charge in [-0.05, 0) is 12.1 Å². The number of halogens is 1. The molecular formula is C10H13ClN2O2. The van der Waals surface area contributed by atoms with Crippen LogP contribution in [-0.2, 0) is 6.54 Å². The van der Waals surface area contributed by atoms with E-state index in [0.29, 0.717) is 24.7 Å². The third kappa shape index (κ3) is 2.66. The van der Waals surface area contributed by atoms with Crippen LogP contribution in [0.2, 0.25) is 5.02 Å². The predicted molar refractivity (Wildman–Crippen MR) is 56.5 cm³/mol. The van der Waals surface area contributed by atoms with Crippen LogP contribution >= 0.6 is 11.6 Å². The maximum Gasteiger partial charge on any atom is 0.0938 e. The quantitative estimate of drug-likeness (QED) is 0.763. The Morgan fingerprint density at radius 1 is 1.40 bits per heavy atom. The van der Waals surface area contributed by atoms with Crippen LogP contribution in [0.25, 0.3) is 0 Å². The van der Waals surface area contributed by atoms with Crippen LogP contribution < -0.4 is 0 Å². The van der Waals surface area contributed by atoms with Gasteiger partial charge in [0.15, 0.2) is 0 Å². The van der Waals surface area contributed by atoms with Crippen molar-refractivity contribution in [2.75, 3.05) is 13.1 Å². The molecule has 1 aliphatic heterocycles. The maximum atomic E-state index is 9.36. The van der Waals surface area contributed by atoms with E-state index in [1.165, 1.54) is 0 Å². The molecule has 0 radical (unpaired) electrons. The van der Waals surface area contributed by atoms with Gasteiger partial charge in [-0.25, -0.2) is 0 Å². The number of β-amino-alcohol motifs (C(OH)–C–C–N with tert-alkyl or cyclic N) is 2. The number of rotatable bonds is 2. The Kier molecular flexibility index (Phi) is 3.21. The van der Waals surface area contributed by atoms with Gasteiger partial charge in [0.25, 0.3) is 0 Å². The summed E-state index contributed by atoms with van der Waals surface area (Å²) in [5, 5.41) is 19.4. The van der Waals surface area contributed by atoms with Crippen molar-refractivity contribution in [3.05, 3.63) is 29.0 Å². The summed E-state index contributed by atoms with van der Waals surface area (Å²) in [6.45, 7) is 1.57. The SMILES string of the molecule is O[C@@H]1CN(Cc2cc(Cl)ccn2)C[C@@H]1O. The molecule has 1 fully saturated rings. The molecule has 5 heteroatoms. The van der Waals surface area contributed by atoms with Gasteiger partial charge in [-0.15, -0.1) is 0 Å². The topological polar surface area (TPSA) is 56.6 Å². The Hall–Kier alpha value is -0.680. The summed E-state index contributed by atoms with van der Waals surface area (Å²) in [4.78, 5) is 6.12. The molecule has 1 saturated heterocycles. The molecule has 0 aromatic carbocycles. The highest BCUT2D eigenvalue weighted by atomic mass is 35.5.